The standard InChI is InChI=1S/C20H24N2O10.BrH/c1-10(23)28-9-15-16(29-11(2)24)17(30-12(3)25)18(31-13(4)26)20(32-15)22-7-5-6-14(8-22)19(21)27;/h5-8,15-18,20H,9H2,1-4H3,(H-,21,27);1H. The van der Waals surface area contributed by atoms with Gasteiger partial charge in [-0.05, 0) is 12.0 Å². The summed E-state index contributed by atoms with van der Waals surface area (Å²) in [7, 11) is 0. The first-order valence-electron chi connectivity index (χ1n) is 9.56. The van der Waals surface area contributed by atoms with Crippen LogP contribution in [-0.4, -0.2) is 60.8 Å². The number of halogens is 1. The van der Waals surface area contributed by atoms with Crippen molar-refractivity contribution in [2.75, 3.05) is 6.61 Å². The molecule has 1 saturated heterocycles. The Hall–Kier alpha value is -3.06. The molecule has 33 heavy (non-hydrogen) atoms. The summed E-state index contributed by atoms with van der Waals surface area (Å²) in [5.41, 5.74) is 0.0142. The Balaban J connectivity index is 0.00000544. The molecular weight excluding hydrogens is 508 g/mol. The average molecular weight is 533 g/mol. The van der Waals surface area contributed by atoms with Crippen LogP contribution in [0.15, 0.2) is 24.5 Å². The lowest BCUT2D eigenvalue weighted by Gasteiger charge is -2.41. The summed E-state index contributed by atoms with van der Waals surface area (Å²) in [6.07, 6.45) is -3.46. The molecule has 0 radical (unpaired) electrons. The fraction of sp³-hybridized carbons (Fsp3) is 0.500. The van der Waals surface area contributed by atoms with Crippen molar-refractivity contribution in [2.45, 2.75) is 58.3 Å². The molecule has 1 aromatic heterocycles. The minimum absolute atomic E-state index is 0. The van der Waals surface area contributed by atoms with Crippen LogP contribution in [0.4, 0.5) is 0 Å². The van der Waals surface area contributed by atoms with E-state index in [0.29, 0.717) is 0 Å². The van der Waals surface area contributed by atoms with Gasteiger partial charge in [0.25, 0.3) is 0 Å². The molecule has 0 bridgehead atoms. The highest BCUT2D eigenvalue weighted by molar-refractivity contribution is 8.93. The van der Waals surface area contributed by atoms with E-state index in [-0.39, 0.29) is 29.2 Å². The van der Waals surface area contributed by atoms with Gasteiger partial charge in [0, 0.05) is 39.3 Å². The van der Waals surface area contributed by atoms with E-state index in [2.05, 4.69) is 0 Å². The quantitative estimate of drug-likeness (QED) is 0.159. The van der Waals surface area contributed by atoms with Gasteiger partial charge >= 0.3 is 30.1 Å². The van der Waals surface area contributed by atoms with Crippen molar-refractivity contribution in [1.82, 2.24) is 0 Å². The second-order valence-electron chi connectivity index (χ2n) is 6.96. The van der Waals surface area contributed by atoms with Gasteiger partial charge in [-0.2, -0.15) is 4.57 Å². The number of ether oxygens (including phenoxy) is 5. The van der Waals surface area contributed by atoms with Crippen LogP contribution >= 0.6 is 17.0 Å². The molecule has 1 aromatic rings. The van der Waals surface area contributed by atoms with Gasteiger partial charge in [-0.3, -0.25) is 19.2 Å². The molecule has 1 N–H and O–H groups in total. The Kier molecular flexibility index (Phi) is 10.4. The summed E-state index contributed by atoms with van der Waals surface area (Å²) >= 11 is 0. The lowest BCUT2D eigenvalue weighted by molar-refractivity contribution is -0.777. The van der Waals surface area contributed by atoms with Gasteiger partial charge in [-0.25, -0.2) is 0 Å². The number of nitrogens with one attached hydrogen (secondary N) is 1. The third kappa shape index (κ3) is 7.79. The first-order chi connectivity index (χ1) is 15.0. The summed E-state index contributed by atoms with van der Waals surface area (Å²) in [6.45, 7) is 4.17. The lowest BCUT2D eigenvalue weighted by Crippen LogP contribution is -2.65. The average Bonchev–Trinajstić information content (AvgIpc) is 2.68. The Morgan fingerprint density at radius 1 is 0.970 bits per heavy atom. The number of hydrogen-bond donors (Lipinski definition) is 1. The van der Waals surface area contributed by atoms with Gasteiger partial charge in [-0.1, -0.05) is 0 Å². The molecule has 0 saturated carbocycles. The number of pyridine rings is 1. The van der Waals surface area contributed by atoms with E-state index in [9.17, 15) is 24.3 Å². The number of carbonyl (C=O) groups excluding carboxylic acids is 4. The van der Waals surface area contributed by atoms with E-state index in [4.69, 9.17) is 29.1 Å². The molecule has 1 aliphatic heterocycles. The Morgan fingerprint density at radius 3 is 2.03 bits per heavy atom. The van der Waals surface area contributed by atoms with E-state index in [1.807, 2.05) is 0 Å². The predicted octanol–water partition coefficient (Wildman–Crippen LogP) is -0.507. The second-order valence-corrected chi connectivity index (χ2v) is 6.96. The van der Waals surface area contributed by atoms with Crippen LogP contribution in [0.5, 0.6) is 0 Å². The number of aromatic nitrogens is 1. The van der Waals surface area contributed by atoms with Crippen LogP contribution in [0.3, 0.4) is 0 Å². The van der Waals surface area contributed by atoms with Gasteiger partial charge in [-0.15, -0.1) is 17.0 Å². The zero-order valence-electron chi connectivity index (χ0n) is 18.3. The van der Waals surface area contributed by atoms with Crippen molar-refractivity contribution in [3.8, 4) is 0 Å². The number of rotatable bonds is 7. The van der Waals surface area contributed by atoms with Crippen molar-refractivity contribution >= 4 is 46.8 Å². The number of carbonyl (C=O) groups is 4. The summed E-state index contributed by atoms with van der Waals surface area (Å²) in [5, 5.41) is 18.8. The second kappa shape index (κ2) is 12.3. The van der Waals surface area contributed by atoms with E-state index >= 15 is 0 Å². The van der Waals surface area contributed by atoms with Crippen LogP contribution in [0, 0.1) is 5.41 Å². The topological polar surface area (TPSA) is 165 Å². The molecule has 13 heteroatoms. The molecule has 1 aliphatic rings. The number of hydrogen-bond acceptors (Lipinski definition) is 11. The molecule has 12 nitrogen and oxygen atoms in total. The normalized spacial score (nSPS) is 23.9. The molecule has 0 spiro atoms. The van der Waals surface area contributed by atoms with E-state index in [1.54, 1.807) is 0 Å². The van der Waals surface area contributed by atoms with E-state index in [0.717, 1.165) is 20.8 Å². The molecule has 1 fully saturated rings. The van der Waals surface area contributed by atoms with Crippen LogP contribution in [0.25, 0.3) is 0 Å². The van der Waals surface area contributed by atoms with Crippen molar-refractivity contribution < 1.29 is 52.5 Å². The SMILES string of the molecule is Br.CC(=O)OCC1OC([n+]2cccc(C(=N)[O-])c2)C(OC(C)=O)C(OC(C)=O)C1OC(C)=O. The van der Waals surface area contributed by atoms with Gasteiger partial charge in [0.05, 0.1) is 0 Å². The first-order valence-corrected chi connectivity index (χ1v) is 9.56. The number of nitrogens with zero attached hydrogens (tertiary/aromatic N) is 1. The van der Waals surface area contributed by atoms with Crippen LogP contribution in [0.2, 0.25) is 0 Å². The van der Waals surface area contributed by atoms with Crippen LogP contribution in [-0.2, 0) is 42.9 Å². The van der Waals surface area contributed by atoms with Crippen LogP contribution < -0.4 is 9.67 Å². The molecule has 0 amide bonds. The highest BCUT2D eigenvalue weighted by Gasteiger charge is 2.56. The van der Waals surface area contributed by atoms with Gasteiger partial charge in [0.15, 0.2) is 24.6 Å². The molecule has 5 atom stereocenters. The molecule has 2 heterocycles. The van der Waals surface area contributed by atoms with Crippen molar-refractivity contribution in [3.63, 3.8) is 0 Å². The first kappa shape index (κ1) is 28.0. The number of esters is 4. The van der Waals surface area contributed by atoms with Crippen molar-refractivity contribution in [1.29, 1.82) is 5.41 Å². The zero-order chi connectivity index (χ0) is 24.0. The molecule has 0 aromatic carbocycles. The molecule has 2 rings (SSSR count). The minimum atomic E-state index is -1.33. The van der Waals surface area contributed by atoms with E-state index < -0.39 is 60.4 Å². The summed E-state index contributed by atoms with van der Waals surface area (Å²) < 4.78 is 28.3. The minimum Gasteiger partial charge on any atom is -0.859 e. The maximum absolute atomic E-state index is 11.8. The zero-order valence-corrected chi connectivity index (χ0v) is 20.1. The van der Waals surface area contributed by atoms with Gasteiger partial charge in [0.2, 0.25) is 6.10 Å². The monoisotopic (exact) mass is 532 g/mol. The van der Waals surface area contributed by atoms with Crippen LogP contribution in [0.1, 0.15) is 39.5 Å². The highest BCUT2D eigenvalue weighted by atomic mass is 79.9. The summed E-state index contributed by atoms with van der Waals surface area (Å²) in [5.74, 6) is -3.83. The Morgan fingerprint density at radius 2 is 1.52 bits per heavy atom. The predicted molar refractivity (Wildman–Crippen MR) is 111 cm³/mol. The van der Waals surface area contributed by atoms with E-state index in [1.165, 1.54) is 36.0 Å². The maximum Gasteiger partial charge on any atom is 0.304 e. The lowest BCUT2D eigenvalue weighted by atomic mass is 9.97. The molecular formula is C20H25BrN2O10. The largest absolute Gasteiger partial charge is 0.859 e. The maximum atomic E-state index is 11.8. The Labute approximate surface area is 200 Å². The van der Waals surface area contributed by atoms with Crippen molar-refractivity contribution in [2.24, 2.45) is 0 Å². The summed E-state index contributed by atoms with van der Waals surface area (Å²) in [6, 6.07) is 2.87. The van der Waals surface area contributed by atoms with Gasteiger partial charge < -0.3 is 34.2 Å². The molecule has 5 unspecified atom stereocenters. The van der Waals surface area contributed by atoms with Crippen molar-refractivity contribution in [3.05, 3.63) is 30.1 Å². The highest BCUT2D eigenvalue weighted by Crippen LogP contribution is 2.32. The summed E-state index contributed by atoms with van der Waals surface area (Å²) in [4.78, 5) is 46.7. The fourth-order valence-electron chi connectivity index (χ4n) is 3.23. The fourth-order valence-corrected chi connectivity index (χ4v) is 3.23. The Bertz CT molecular complexity index is 909. The van der Waals surface area contributed by atoms with Gasteiger partial charge in [0.1, 0.15) is 12.7 Å². The smallest absolute Gasteiger partial charge is 0.304 e. The third-order valence-corrected chi connectivity index (χ3v) is 4.34. The molecule has 182 valence electrons. The third-order valence-electron chi connectivity index (χ3n) is 4.34. The molecule has 0 aliphatic carbocycles.